The van der Waals surface area contributed by atoms with Crippen LogP contribution >= 0.6 is 23.1 Å². The summed E-state index contributed by atoms with van der Waals surface area (Å²) in [6.07, 6.45) is 9.15. The van der Waals surface area contributed by atoms with Gasteiger partial charge >= 0.3 is 5.97 Å². The van der Waals surface area contributed by atoms with E-state index in [-0.39, 0.29) is 28.2 Å². The predicted octanol–water partition coefficient (Wildman–Crippen LogP) is 6.22. The number of aromatic amines is 1. The van der Waals surface area contributed by atoms with Crippen molar-refractivity contribution >= 4 is 40.7 Å². The molecular weight excluding hydrogens is 492 g/mol. The van der Waals surface area contributed by atoms with Gasteiger partial charge in [-0.15, -0.1) is 28.2 Å². The Bertz CT molecular complexity index is 1110. The number of thioether (sulfide) groups is 1. The molecule has 2 N–H and O–H groups in total. The van der Waals surface area contributed by atoms with Crippen LogP contribution in [0.4, 0.5) is 5.69 Å². The molecular formula is C27H36N4O3S2. The van der Waals surface area contributed by atoms with Crippen LogP contribution in [0.25, 0.3) is 0 Å². The highest BCUT2D eigenvalue weighted by molar-refractivity contribution is 7.99. The second-order valence-corrected chi connectivity index (χ2v) is 13.6. The van der Waals surface area contributed by atoms with Crippen LogP contribution in [0.5, 0.6) is 0 Å². The fourth-order valence-corrected chi connectivity index (χ4v) is 6.98. The number of carbonyl (C=O) groups excluding carboxylic acids is 1. The van der Waals surface area contributed by atoms with Crippen LogP contribution in [-0.4, -0.2) is 43.7 Å². The lowest BCUT2D eigenvalue weighted by Crippen LogP contribution is -2.46. The Kier molecular flexibility index (Phi) is 8.46. The molecule has 0 aliphatic heterocycles. The molecule has 2 aliphatic rings. The Morgan fingerprint density at radius 3 is 2.42 bits per heavy atom. The number of nitrogens with zero attached hydrogens (tertiary/aromatic N) is 3. The highest BCUT2D eigenvalue weighted by Crippen LogP contribution is 2.41. The van der Waals surface area contributed by atoms with Crippen molar-refractivity contribution in [3.05, 3.63) is 22.0 Å². The summed E-state index contributed by atoms with van der Waals surface area (Å²) < 4.78 is 0. The molecule has 2 fully saturated rings. The van der Waals surface area contributed by atoms with E-state index in [4.69, 9.17) is 0 Å². The number of carbonyl (C=O) groups is 2. The number of thiophene rings is 1. The van der Waals surface area contributed by atoms with Gasteiger partial charge in [-0.2, -0.15) is 0 Å². The molecule has 2 aliphatic carbocycles. The van der Waals surface area contributed by atoms with Crippen LogP contribution in [0.2, 0.25) is 0 Å². The monoisotopic (exact) mass is 528 g/mol. The molecule has 2 aromatic rings. The number of hydrogen-bond donors (Lipinski definition) is 2. The quantitative estimate of drug-likeness (QED) is 0.432. The number of rotatable bonds is 6. The van der Waals surface area contributed by atoms with Crippen LogP contribution in [0.3, 0.4) is 0 Å². The van der Waals surface area contributed by atoms with Crippen molar-refractivity contribution in [2.24, 2.45) is 17.3 Å². The van der Waals surface area contributed by atoms with Crippen molar-refractivity contribution in [1.82, 2.24) is 15.4 Å². The van der Waals surface area contributed by atoms with E-state index in [1.807, 2.05) is 31.7 Å². The SMILES string of the molecule is CC1CCC(C(=O)N(c2cc(C#CC(C)(C)C)sc2C(=O)O)C2CCC(Sc3cnn[nH]3)CC2)CC1. The van der Waals surface area contributed by atoms with Crippen molar-refractivity contribution in [1.29, 1.82) is 0 Å². The van der Waals surface area contributed by atoms with Gasteiger partial charge in [0, 0.05) is 22.6 Å². The third-order valence-electron chi connectivity index (χ3n) is 7.02. The Labute approximate surface area is 221 Å². The molecule has 2 aromatic heterocycles. The summed E-state index contributed by atoms with van der Waals surface area (Å²) in [5.74, 6) is 6.06. The number of amides is 1. The third kappa shape index (κ3) is 6.71. The maximum atomic E-state index is 14.0. The Balaban J connectivity index is 1.62. The molecule has 0 bridgehead atoms. The van der Waals surface area contributed by atoms with E-state index in [0.717, 1.165) is 56.4 Å². The van der Waals surface area contributed by atoms with Gasteiger partial charge in [-0.25, -0.2) is 4.79 Å². The lowest BCUT2D eigenvalue weighted by atomic mass is 9.81. The van der Waals surface area contributed by atoms with Gasteiger partial charge in [0.1, 0.15) is 9.90 Å². The molecule has 1 amide bonds. The number of anilines is 1. The summed E-state index contributed by atoms with van der Waals surface area (Å²) in [6, 6.07) is 1.83. The van der Waals surface area contributed by atoms with E-state index in [0.29, 0.717) is 21.7 Å². The molecule has 36 heavy (non-hydrogen) atoms. The van der Waals surface area contributed by atoms with Gasteiger partial charge in [-0.05, 0) is 84.1 Å². The number of carboxylic acid groups (broad SMARTS) is 1. The number of aromatic carboxylic acids is 1. The van der Waals surface area contributed by atoms with E-state index in [2.05, 4.69) is 34.2 Å². The van der Waals surface area contributed by atoms with Gasteiger partial charge in [0.05, 0.1) is 16.8 Å². The standard InChI is InChI=1S/C27H36N4O3S2/c1-17-5-7-18(8-6-17)25(32)31(19-9-11-20(12-10-19)35-23-16-28-30-29-23)22-15-21(13-14-27(2,3)4)36-24(22)26(33)34/h15-20H,5-12H2,1-4H3,(H,33,34)(H,28,29,30). The molecule has 2 heterocycles. The molecule has 194 valence electrons. The molecule has 0 aromatic carbocycles. The van der Waals surface area contributed by atoms with Crippen molar-refractivity contribution in [2.45, 2.75) is 95.4 Å². The number of H-pyrrole nitrogens is 1. The van der Waals surface area contributed by atoms with E-state index in [1.165, 1.54) is 11.3 Å². The van der Waals surface area contributed by atoms with Crippen molar-refractivity contribution in [2.75, 3.05) is 4.90 Å². The van der Waals surface area contributed by atoms with Crippen molar-refractivity contribution < 1.29 is 14.7 Å². The van der Waals surface area contributed by atoms with Crippen molar-refractivity contribution in [3.8, 4) is 11.8 Å². The topological polar surface area (TPSA) is 99.2 Å². The average Bonchev–Trinajstić information content (AvgIpc) is 3.49. The third-order valence-corrected chi connectivity index (χ3v) is 9.31. The molecule has 0 spiro atoms. The summed E-state index contributed by atoms with van der Waals surface area (Å²) in [6.45, 7) is 8.33. The van der Waals surface area contributed by atoms with Crippen LogP contribution in [0.1, 0.15) is 93.6 Å². The number of aromatic nitrogens is 3. The van der Waals surface area contributed by atoms with Gasteiger partial charge in [0.2, 0.25) is 5.91 Å². The van der Waals surface area contributed by atoms with E-state index >= 15 is 0 Å². The fourth-order valence-electron chi connectivity index (χ4n) is 5.07. The van der Waals surface area contributed by atoms with E-state index in [1.54, 1.807) is 18.0 Å². The Hall–Kier alpha value is -2.31. The minimum absolute atomic E-state index is 0.00952. The van der Waals surface area contributed by atoms with Gasteiger partial charge in [-0.3, -0.25) is 9.89 Å². The normalized spacial score (nSPS) is 24.6. The zero-order chi connectivity index (χ0) is 25.9. The molecule has 2 saturated carbocycles. The summed E-state index contributed by atoms with van der Waals surface area (Å²) >= 11 is 2.92. The van der Waals surface area contributed by atoms with Crippen LogP contribution in [0, 0.1) is 29.1 Å². The first-order valence-corrected chi connectivity index (χ1v) is 14.6. The van der Waals surface area contributed by atoms with Gasteiger partial charge < -0.3 is 10.0 Å². The fraction of sp³-hybridized carbons (Fsp3) is 0.630. The minimum Gasteiger partial charge on any atom is -0.477 e. The van der Waals surface area contributed by atoms with Crippen molar-refractivity contribution in [3.63, 3.8) is 0 Å². The minimum atomic E-state index is -0.995. The second-order valence-electron chi connectivity index (χ2n) is 11.2. The first kappa shape index (κ1) is 26.7. The van der Waals surface area contributed by atoms with Crippen LogP contribution < -0.4 is 4.90 Å². The maximum Gasteiger partial charge on any atom is 0.348 e. The zero-order valence-corrected chi connectivity index (χ0v) is 23.2. The predicted molar refractivity (Wildman–Crippen MR) is 145 cm³/mol. The first-order valence-electron chi connectivity index (χ1n) is 12.9. The van der Waals surface area contributed by atoms with Gasteiger partial charge in [0.25, 0.3) is 0 Å². The lowest BCUT2D eigenvalue weighted by molar-refractivity contribution is -0.124. The Morgan fingerprint density at radius 2 is 1.83 bits per heavy atom. The Morgan fingerprint density at radius 1 is 1.14 bits per heavy atom. The lowest BCUT2D eigenvalue weighted by Gasteiger charge is -2.39. The van der Waals surface area contributed by atoms with Gasteiger partial charge in [-0.1, -0.05) is 24.0 Å². The summed E-state index contributed by atoms with van der Waals surface area (Å²) in [5, 5.41) is 22.0. The molecule has 7 nitrogen and oxygen atoms in total. The number of carboxylic acids is 1. The molecule has 0 saturated heterocycles. The molecule has 0 atom stereocenters. The molecule has 4 rings (SSSR count). The zero-order valence-electron chi connectivity index (χ0n) is 21.5. The molecule has 0 radical (unpaired) electrons. The van der Waals surface area contributed by atoms with Crippen LogP contribution in [0.15, 0.2) is 17.3 Å². The van der Waals surface area contributed by atoms with E-state index in [9.17, 15) is 14.7 Å². The molecule has 0 unspecified atom stereocenters. The first-order chi connectivity index (χ1) is 17.1. The van der Waals surface area contributed by atoms with E-state index < -0.39 is 5.97 Å². The second kappa shape index (κ2) is 11.4. The van der Waals surface area contributed by atoms with Gasteiger partial charge in [0.15, 0.2) is 0 Å². The highest BCUT2D eigenvalue weighted by Gasteiger charge is 2.37. The number of hydrogen-bond acceptors (Lipinski definition) is 6. The summed E-state index contributed by atoms with van der Waals surface area (Å²) in [4.78, 5) is 29.1. The van der Waals surface area contributed by atoms with Crippen LogP contribution in [-0.2, 0) is 4.79 Å². The summed E-state index contributed by atoms with van der Waals surface area (Å²) in [7, 11) is 0. The largest absolute Gasteiger partial charge is 0.477 e. The average molecular weight is 529 g/mol. The smallest absolute Gasteiger partial charge is 0.348 e. The highest BCUT2D eigenvalue weighted by atomic mass is 32.2. The summed E-state index contributed by atoms with van der Waals surface area (Å²) in [5.41, 5.74) is 0.338. The number of nitrogens with one attached hydrogen (secondary N) is 1. The molecule has 9 heteroatoms. The maximum absolute atomic E-state index is 14.0.